The molecular formula is C13H26N2O2. The van der Waals surface area contributed by atoms with E-state index < -0.39 is 5.97 Å². The average molecular weight is 242 g/mol. The highest BCUT2D eigenvalue weighted by Crippen LogP contribution is 2.17. The molecule has 1 heterocycles. The molecule has 1 fully saturated rings. The monoisotopic (exact) mass is 242 g/mol. The molecule has 100 valence electrons. The molecule has 1 rings (SSSR count). The first-order valence-corrected chi connectivity index (χ1v) is 6.68. The molecule has 1 aliphatic heterocycles. The van der Waals surface area contributed by atoms with E-state index in [0.29, 0.717) is 12.1 Å². The predicted octanol–water partition coefficient (Wildman–Crippen LogP) is 1.56. The Bertz CT molecular complexity index is 244. The van der Waals surface area contributed by atoms with Gasteiger partial charge in [-0.15, -0.1) is 0 Å². The van der Waals surface area contributed by atoms with E-state index in [1.165, 1.54) is 19.5 Å². The van der Waals surface area contributed by atoms with Crippen LogP contribution in [-0.2, 0) is 4.79 Å². The second-order valence-electron chi connectivity index (χ2n) is 5.49. The summed E-state index contributed by atoms with van der Waals surface area (Å²) >= 11 is 0. The van der Waals surface area contributed by atoms with E-state index in [1.54, 1.807) is 0 Å². The molecule has 0 aromatic carbocycles. The van der Waals surface area contributed by atoms with Crippen LogP contribution in [0.3, 0.4) is 0 Å². The summed E-state index contributed by atoms with van der Waals surface area (Å²) in [6.07, 6.45) is 2.24. The normalized spacial score (nSPS) is 23.2. The Morgan fingerprint density at radius 3 is 2.71 bits per heavy atom. The number of carbonyl (C=O) groups is 1. The Labute approximate surface area is 104 Å². The van der Waals surface area contributed by atoms with Gasteiger partial charge in [-0.2, -0.15) is 0 Å². The van der Waals surface area contributed by atoms with Crippen LogP contribution < -0.4 is 5.32 Å². The Kier molecular flexibility index (Phi) is 5.92. The maximum absolute atomic E-state index is 10.4. The highest BCUT2D eigenvalue weighted by molar-refractivity contribution is 5.66. The molecule has 0 saturated carbocycles. The first-order valence-electron chi connectivity index (χ1n) is 6.68. The number of nitrogens with zero attached hydrogens (tertiary/aromatic N) is 1. The van der Waals surface area contributed by atoms with Crippen molar-refractivity contribution < 1.29 is 9.90 Å². The Hall–Kier alpha value is -0.610. The summed E-state index contributed by atoms with van der Waals surface area (Å²) in [7, 11) is 0. The lowest BCUT2D eigenvalue weighted by Crippen LogP contribution is -2.34. The molecule has 17 heavy (non-hydrogen) atoms. The molecule has 2 unspecified atom stereocenters. The maximum atomic E-state index is 10.4. The molecule has 0 radical (unpaired) electrons. The third-order valence-corrected chi connectivity index (χ3v) is 3.59. The predicted molar refractivity (Wildman–Crippen MR) is 69.2 cm³/mol. The van der Waals surface area contributed by atoms with Crippen LogP contribution in [0.5, 0.6) is 0 Å². The van der Waals surface area contributed by atoms with Crippen molar-refractivity contribution in [3.05, 3.63) is 0 Å². The molecule has 2 N–H and O–H groups in total. The van der Waals surface area contributed by atoms with Crippen molar-refractivity contribution in [3.8, 4) is 0 Å². The van der Waals surface area contributed by atoms with Gasteiger partial charge in [0.1, 0.15) is 0 Å². The van der Waals surface area contributed by atoms with E-state index in [1.807, 2.05) is 0 Å². The number of rotatable bonds is 7. The van der Waals surface area contributed by atoms with Crippen molar-refractivity contribution in [2.24, 2.45) is 5.92 Å². The van der Waals surface area contributed by atoms with Gasteiger partial charge in [-0.25, -0.2) is 0 Å². The van der Waals surface area contributed by atoms with Gasteiger partial charge in [0.15, 0.2) is 0 Å². The van der Waals surface area contributed by atoms with Gasteiger partial charge in [0.25, 0.3) is 0 Å². The second-order valence-corrected chi connectivity index (χ2v) is 5.49. The molecule has 1 aliphatic rings. The van der Waals surface area contributed by atoms with Crippen molar-refractivity contribution in [2.75, 3.05) is 19.6 Å². The zero-order valence-electron chi connectivity index (χ0n) is 11.3. The summed E-state index contributed by atoms with van der Waals surface area (Å²) in [6, 6.07) is 0.948. The van der Waals surface area contributed by atoms with Gasteiger partial charge < -0.3 is 15.3 Å². The van der Waals surface area contributed by atoms with Crippen molar-refractivity contribution in [1.29, 1.82) is 0 Å². The molecule has 4 heteroatoms. The van der Waals surface area contributed by atoms with E-state index in [4.69, 9.17) is 5.11 Å². The van der Waals surface area contributed by atoms with Gasteiger partial charge in [-0.05, 0) is 52.6 Å². The molecule has 0 amide bonds. The quantitative estimate of drug-likeness (QED) is 0.711. The summed E-state index contributed by atoms with van der Waals surface area (Å²) in [6.45, 7) is 9.95. The smallest absolute Gasteiger partial charge is 0.303 e. The lowest BCUT2D eigenvalue weighted by Gasteiger charge is -2.21. The standard InChI is InChI=1S/C13H26N2O2/c1-10(2)15-7-6-12(9-15)8-14-11(3)4-5-13(16)17/h10-12,14H,4-9H2,1-3H3,(H,16,17). The first-order chi connectivity index (χ1) is 7.99. The third-order valence-electron chi connectivity index (χ3n) is 3.59. The summed E-state index contributed by atoms with van der Waals surface area (Å²) in [4.78, 5) is 13.0. The number of carboxylic acid groups (broad SMARTS) is 1. The molecule has 0 spiro atoms. The van der Waals surface area contributed by atoms with Crippen LogP contribution in [0, 0.1) is 5.92 Å². The fourth-order valence-corrected chi connectivity index (χ4v) is 2.31. The SMILES string of the molecule is CC(CCC(=O)O)NCC1CCN(C(C)C)C1. The van der Waals surface area contributed by atoms with Crippen molar-refractivity contribution >= 4 is 5.97 Å². The van der Waals surface area contributed by atoms with Crippen LogP contribution >= 0.6 is 0 Å². The summed E-state index contributed by atoms with van der Waals surface area (Å²) in [5, 5.41) is 12.1. The summed E-state index contributed by atoms with van der Waals surface area (Å²) < 4.78 is 0. The fraction of sp³-hybridized carbons (Fsp3) is 0.923. The van der Waals surface area contributed by atoms with Gasteiger partial charge in [-0.1, -0.05) is 0 Å². The van der Waals surface area contributed by atoms with E-state index in [-0.39, 0.29) is 6.42 Å². The van der Waals surface area contributed by atoms with Crippen LogP contribution in [0.1, 0.15) is 40.0 Å². The van der Waals surface area contributed by atoms with Crippen molar-refractivity contribution in [3.63, 3.8) is 0 Å². The van der Waals surface area contributed by atoms with Crippen LogP contribution in [0.15, 0.2) is 0 Å². The van der Waals surface area contributed by atoms with E-state index >= 15 is 0 Å². The van der Waals surface area contributed by atoms with Gasteiger partial charge in [0, 0.05) is 25.0 Å². The lowest BCUT2D eigenvalue weighted by atomic mass is 10.1. The first kappa shape index (κ1) is 14.5. The minimum Gasteiger partial charge on any atom is -0.481 e. The number of carboxylic acids is 1. The molecule has 0 aliphatic carbocycles. The zero-order chi connectivity index (χ0) is 12.8. The van der Waals surface area contributed by atoms with Crippen LogP contribution in [0.4, 0.5) is 0 Å². The van der Waals surface area contributed by atoms with Gasteiger partial charge in [-0.3, -0.25) is 4.79 Å². The molecule has 1 saturated heterocycles. The fourth-order valence-electron chi connectivity index (χ4n) is 2.31. The molecule has 2 atom stereocenters. The average Bonchev–Trinajstić information content (AvgIpc) is 2.72. The van der Waals surface area contributed by atoms with Crippen LogP contribution in [0.25, 0.3) is 0 Å². The molecule has 0 aromatic heterocycles. The lowest BCUT2D eigenvalue weighted by molar-refractivity contribution is -0.137. The number of hydrogen-bond donors (Lipinski definition) is 2. The van der Waals surface area contributed by atoms with Gasteiger partial charge >= 0.3 is 5.97 Å². The Morgan fingerprint density at radius 1 is 1.47 bits per heavy atom. The molecular weight excluding hydrogens is 216 g/mol. The minimum atomic E-state index is -0.703. The zero-order valence-corrected chi connectivity index (χ0v) is 11.3. The molecule has 0 bridgehead atoms. The van der Waals surface area contributed by atoms with Gasteiger partial charge in [0.05, 0.1) is 0 Å². The molecule has 4 nitrogen and oxygen atoms in total. The Balaban J connectivity index is 2.12. The summed E-state index contributed by atoms with van der Waals surface area (Å²) in [5.74, 6) is 0.0233. The van der Waals surface area contributed by atoms with E-state index in [0.717, 1.165) is 18.9 Å². The van der Waals surface area contributed by atoms with E-state index in [9.17, 15) is 4.79 Å². The number of aliphatic carboxylic acids is 1. The number of nitrogens with one attached hydrogen (secondary N) is 1. The van der Waals surface area contributed by atoms with Crippen LogP contribution in [0.2, 0.25) is 0 Å². The summed E-state index contributed by atoms with van der Waals surface area (Å²) in [5.41, 5.74) is 0. The largest absolute Gasteiger partial charge is 0.481 e. The Morgan fingerprint density at radius 2 is 2.18 bits per heavy atom. The van der Waals surface area contributed by atoms with Crippen molar-refractivity contribution in [1.82, 2.24) is 10.2 Å². The number of likely N-dealkylation sites (tertiary alicyclic amines) is 1. The third kappa shape index (κ3) is 5.50. The van der Waals surface area contributed by atoms with Gasteiger partial charge in [0.2, 0.25) is 0 Å². The maximum Gasteiger partial charge on any atom is 0.303 e. The second kappa shape index (κ2) is 6.97. The minimum absolute atomic E-state index is 0.261. The van der Waals surface area contributed by atoms with Crippen molar-refractivity contribution in [2.45, 2.75) is 52.1 Å². The number of hydrogen-bond acceptors (Lipinski definition) is 3. The van der Waals surface area contributed by atoms with Crippen LogP contribution in [-0.4, -0.2) is 47.7 Å². The molecule has 0 aromatic rings. The highest BCUT2D eigenvalue weighted by Gasteiger charge is 2.24. The van der Waals surface area contributed by atoms with E-state index in [2.05, 4.69) is 31.0 Å². The topological polar surface area (TPSA) is 52.6 Å². The highest BCUT2D eigenvalue weighted by atomic mass is 16.4.